The number of para-hydroxylation sites is 1. The SMILES string of the molecule is COC1Cn2cc(C(=O)NCc3ccc(F)cc3F)c(=O)c(OCc3ccccc3)c2C(=O)C1(C)CCP(=O)(N[C@@H](C)C(=O)OC(C)C)Oc1ccccc1. The van der Waals surface area contributed by atoms with Crippen LogP contribution in [0.3, 0.4) is 0 Å². The third-order valence-corrected chi connectivity index (χ3v) is 11.4. The van der Waals surface area contributed by atoms with E-state index in [4.69, 9.17) is 18.7 Å². The fourth-order valence-electron chi connectivity index (χ4n) is 6.23. The summed E-state index contributed by atoms with van der Waals surface area (Å²) < 4.78 is 67.0. The van der Waals surface area contributed by atoms with E-state index in [1.165, 1.54) is 30.9 Å². The lowest BCUT2D eigenvalue weighted by molar-refractivity contribution is -0.149. The van der Waals surface area contributed by atoms with E-state index in [1.54, 1.807) is 81.4 Å². The lowest BCUT2D eigenvalue weighted by Crippen LogP contribution is -2.51. The second-order valence-corrected chi connectivity index (χ2v) is 16.0. The van der Waals surface area contributed by atoms with Crippen molar-refractivity contribution in [3.63, 3.8) is 0 Å². The van der Waals surface area contributed by atoms with Crippen molar-refractivity contribution in [2.24, 2.45) is 5.41 Å². The van der Waals surface area contributed by atoms with Crippen LogP contribution in [0.15, 0.2) is 89.9 Å². The Balaban J connectivity index is 1.50. The van der Waals surface area contributed by atoms with Crippen LogP contribution in [0.25, 0.3) is 0 Å². The highest BCUT2D eigenvalue weighted by Crippen LogP contribution is 2.49. The van der Waals surface area contributed by atoms with Gasteiger partial charge in [-0.25, -0.2) is 13.9 Å². The molecule has 0 saturated carbocycles. The maximum atomic E-state index is 14.8. The van der Waals surface area contributed by atoms with Crippen LogP contribution in [-0.4, -0.2) is 53.7 Å². The molecule has 0 fully saturated rings. The first-order valence-corrected chi connectivity index (χ1v) is 19.5. The van der Waals surface area contributed by atoms with Crippen LogP contribution in [0.4, 0.5) is 8.78 Å². The number of carbonyl (C=O) groups excluding carboxylic acids is 3. The minimum absolute atomic E-state index is 0.00650. The molecule has 4 atom stereocenters. The number of pyridine rings is 1. The van der Waals surface area contributed by atoms with Crippen molar-refractivity contribution in [3.05, 3.63) is 129 Å². The third kappa shape index (κ3) is 9.74. The van der Waals surface area contributed by atoms with Gasteiger partial charge in [0.2, 0.25) is 5.43 Å². The highest BCUT2D eigenvalue weighted by molar-refractivity contribution is 7.57. The number of hydrogen-bond donors (Lipinski definition) is 2. The molecule has 0 spiro atoms. The quantitative estimate of drug-likeness (QED) is 0.0960. The Morgan fingerprint density at radius 2 is 1.67 bits per heavy atom. The molecule has 0 bridgehead atoms. The summed E-state index contributed by atoms with van der Waals surface area (Å²) in [6, 6.07) is 19.1. The van der Waals surface area contributed by atoms with Gasteiger partial charge in [-0.2, -0.15) is 0 Å². The van der Waals surface area contributed by atoms with Crippen LogP contribution in [-0.2, 0) is 38.5 Å². The molecule has 2 N–H and O–H groups in total. The largest absolute Gasteiger partial charge is 0.483 e. The first-order valence-electron chi connectivity index (χ1n) is 17.7. The lowest BCUT2D eigenvalue weighted by Gasteiger charge is -2.41. The predicted molar refractivity (Wildman–Crippen MR) is 200 cm³/mol. The van der Waals surface area contributed by atoms with Crippen LogP contribution in [0, 0.1) is 17.0 Å². The van der Waals surface area contributed by atoms with E-state index in [2.05, 4.69) is 10.4 Å². The van der Waals surface area contributed by atoms with Gasteiger partial charge in [0.15, 0.2) is 11.5 Å². The van der Waals surface area contributed by atoms with Gasteiger partial charge in [-0.3, -0.25) is 23.7 Å². The normalized spacial score (nSPS) is 18.2. The van der Waals surface area contributed by atoms with Crippen LogP contribution < -0.4 is 25.1 Å². The minimum Gasteiger partial charge on any atom is -0.483 e. The summed E-state index contributed by atoms with van der Waals surface area (Å²) in [5.74, 6) is -3.87. The summed E-state index contributed by atoms with van der Waals surface area (Å²) in [4.78, 5) is 55.1. The van der Waals surface area contributed by atoms with E-state index < -0.39 is 65.9 Å². The maximum Gasteiger partial charge on any atom is 0.323 e. The van der Waals surface area contributed by atoms with Crippen molar-refractivity contribution in [3.8, 4) is 11.5 Å². The molecule has 1 amide bonds. The Labute approximate surface area is 317 Å². The van der Waals surface area contributed by atoms with E-state index >= 15 is 0 Å². The van der Waals surface area contributed by atoms with E-state index in [0.717, 1.165) is 6.07 Å². The Morgan fingerprint density at radius 3 is 2.31 bits per heavy atom. The molecule has 0 radical (unpaired) electrons. The van der Waals surface area contributed by atoms with Crippen molar-refractivity contribution in [1.82, 2.24) is 15.0 Å². The summed E-state index contributed by atoms with van der Waals surface area (Å²) in [6.07, 6.45) is -0.396. The molecule has 3 aromatic carbocycles. The van der Waals surface area contributed by atoms with E-state index in [1.807, 2.05) is 0 Å². The molecular formula is C40H44F2N3O9P. The van der Waals surface area contributed by atoms with Gasteiger partial charge in [-0.05, 0) is 57.9 Å². The number of ether oxygens (including phenoxy) is 3. The zero-order valence-electron chi connectivity index (χ0n) is 31.2. The van der Waals surface area contributed by atoms with Gasteiger partial charge in [0.25, 0.3) is 5.91 Å². The van der Waals surface area contributed by atoms with E-state index in [9.17, 15) is 32.5 Å². The van der Waals surface area contributed by atoms with Crippen molar-refractivity contribution in [1.29, 1.82) is 0 Å². The molecule has 1 aromatic heterocycles. The fraction of sp³-hybridized carbons (Fsp3) is 0.350. The van der Waals surface area contributed by atoms with Gasteiger partial charge in [0.05, 0.1) is 30.3 Å². The number of aromatic nitrogens is 1. The molecule has 0 saturated heterocycles. The number of carbonyl (C=O) groups is 3. The molecule has 3 unspecified atom stereocenters. The monoisotopic (exact) mass is 779 g/mol. The molecule has 12 nitrogen and oxygen atoms in total. The Morgan fingerprint density at radius 1 is 1.00 bits per heavy atom. The topological polar surface area (TPSA) is 151 Å². The lowest BCUT2D eigenvalue weighted by atomic mass is 9.73. The van der Waals surface area contributed by atoms with E-state index in [-0.39, 0.29) is 60.6 Å². The van der Waals surface area contributed by atoms with Gasteiger partial charge < -0.3 is 28.6 Å². The fourth-order valence-corrected chi connectivity index (χ4v) is 8.42. The van der Waals surface area contributed by atoms with Gasteiger partial charge in [0.1, 0.15) is 41.3 Å². The zero-order valence-corrected chi connectivity index (χ0v) is 32.1. The molecular weight excluding hydrogens is 735 g/mol. The molecule has 5 rings (SSSR count). The zero-order chi connectivity index (χ0) is 39.9. The van der Waals surface area contributed by atoms with Gasteiger partial charge in [-0.15, -0.1) is 0 Å². The second kappa shape index (κ2) is 17.5. The number of hydrogen-bond acceptors (Lipinski definition) is 9. The predicted octanol–water partition coefficient (Wildman–Crippen LogP) is 6.45. The molecule has 1 aliphatic heterocycles. The smallest absolute Gasteiger partial charge is 0.323 e. The number of Topliss-reactive ketones (excluding diaryl/α,β-unsaturated/α-hetero) is 1. The number of rotatable bonds is 16. The number of nitrogens with zero attached hydrogens (tertiary/aromatic N) is 1. The standard InChI is InChI=1S/C40H44F2N3O9P/c1-25(2)53-39(49)26(3)44-55(50,54-30-14-10-7-11-15-30)19-18-40(4)33(51-5)23-45-22-31(38(48)43-21-28-16-17-29(41)20-32(28)42)35(46)36(34(45)37(40)47)52-24-27-12-8-6-9-13-27/h6-17,20,22,25-26,33H,18-19,21,23-24H2,1-5H3,(H,43,48)(H,44,50)/t26-,33?,40?,55?/m0/s1. The number of methoxy groups -OCH3 is 1. The van der Waals surface area contributed by atoms with Crippen LogP contribution in [0.1, 0.15) is 66.1 Å². The molecule has 55 heavy (non-hydrogen) atoms. The summed E-state index contributed by atoms with van der Waals surface area (Å²) in [7, 11) is -2.54. The average Bonchev–Trinajstić information content (AvgIpc) is 3.15. The summed E-state index contributed by atoms with van der Waals surface area (Å²) in [5, 5.41) is 5.32. The first-order chi connectivity index (χ1) is 26.1. The second-order valence-electron chi connectivity index (χ2n) is 13.8. The van der Waals surface area contributed by atoms with Crippen molar-refractivity contribution < 1.29 is 46.5 Å². The highest BCUT2D eigenvalue weighted by Gasteiger charge is 2.50. The number of esters is 1. The molecule has 0 aliphatic carbocycles. The van der Waals surface area contributed by atoms with Crippen molar-refractivity contribution in [2.45, 2.75) is 72.1 Å². The Hall–Kier alpha value is -5.17. The minimum atomic E-state index is -3.95. The first kappa shape index (κ1) is 41.0. The van der Waals surface area contributed by atoms with Crippen LogP contribution >= 0.6 is 7.52 Å². The van der Waals surface area contributed by atoms with Gasteiger partial charge in [-0.1, -0.05) is 54.6 Å². The maximum absolute atomic E-state index is 14.8. The van der Waals surface area contributed by atoms with Gasteiger partial charge >= 0.3 is 13.5 Å². The van der Waals surface area contributed by atoms with Crippen LogP contribution in [0.2, 0.25) is 0 Å². The number of ketones is 1. The van der Waals surface area contributed by atoms with E-state index in [0.29, 0.717) is 11.6 Å². The third-order valence-electron chi connectivity index (χ3n) is 9.27. The molecule has 1 aliphatic rings. The Bertz CT molecular complexity index is 2130. The molecule has 15 heteroatoms. The molecule has 4 aromatic rings. The summed E-state index contributed by atoms with van der Waals surface area (Å²) >= 11 is 0. The number of amides is 1. The van der Waals surface area contributed by atoms with Crippen LogP contribution in [0.5, 0.6) is 11.5 Å². The number of halogens is 2. The van der Waals surface area contributed by atoms with Crippen molar-refractivity contribution >= 4 is 25.2 Å². The summed E-state index contributed by atoms with van der Waals surface area (Å²) in [6.45, 7) is 6.00. The van der Waals surface area contributed by atoms with Gasteiger partial charge in [0, 0.05) is 31.5 Å². The number of nitrogens with one attached hydrogen (secondary N) is 2. The molecule has 2 heterocycles. The Kier molecular flexibility index (Phi) is 13.1. The number of benzene rings is 3. The molecule has 292 valence electrons. The summed E-state index contributed by atoms with van der Waals surface area (Å²) in [5.41, 5.74) is -2.14. The van der Waals surface area contributed by atoms with Crippen molar-refractivity contribution in [2.75, 3.05) is 13.3 Å². The average molecular weight is 780 g/mol. The number of fused-ring (bicyclic) bond motifs is 1. The highest BCUT2D eigenvalue weighted by atomic mass is 31.2.